The van der Waals surface area contributed by atoms with Crippen LogP contribution in [-0.4, -0.2) is 36.6 Å². The van der Waals surface area contributed by atoms with Crippen LogP contribution >= 0.6 is 0 Å². The standard InChI is InChI=1S/C16H25FN2/c1-3-16(4-2)13-19(12-10-18-16)11-9-14-7-5-6-8-15(14)17/h5-8,18H,3-4,9-13H2,1-2H3. The number of nitrogens with one attached hydrogen (secondary N) is 1. The Labute approximate surface area is 116 Å². The molecule has 1 aromatic carbocycles. The molecule has 0 unspecified atom stereocenters. The number of halogens is 1. The van der Waals surface area contributed by atoms with Crippen LogP contribution in [0, 0.1) is 5.82 Å². The van der Waals surface area contributed by atoms with Gasteiger partial charge in [0.1, 0.15) is 5.82 Å². The molecule has 0 saturated carbocycles. The summed E-state index contributed by atoms with van der Waals surface area (Å²) in [5.74, 6) is -0.0742. The number of nitrogens with zero attached hydrogens (tertiary/aromatic N) is 1. The lowest BCUT2D eigenvalue weighted by Gasteiger charge is -2.43. The molecule has 1 heterocycles. The normalized spacial score (nSPS) is 19.5. The summed E-state index contributed by atoms with van der Waals surface area (Å²) >= 11 is 0. The lowest BCUT2D eigenvalue weighted by atomic mass is 9.90. The van der Waals surface area contributed by atoms with E-state index in [2.05, 4.69) is 24.1 Å². The second-order valence-corrected chi connectivity index (χ2v) is 5.53. The van der Waals surface area contributed by atoms with Crippen LogP contribution in [0.25, 0.3) is 0 Å². The zero-order chi connectivity index (χ0) is 13.7. The Hall–Kier alpha value is -0.930. The molecule has 0 aromatic heterocycles. The highest BCUT2D eigenvalue weighted by Crippen LogP contribution is 2.20. The van der Waals surface area contributed by atoms with Crippen LogP contribution < -0.4 is 5.32 Å². The van der Waals surface area contributed by atoms with E-state index in [9.17, 15) is 4.39 Å². The fourth-order valence-corrected chi connectivity index (χ4v) is 2.94. The monoisotopic (exact) mass is 264 g/mol. The van der Waals surface area contributed by atoms with Gasteiger partial charge in [0.25, 0.3) is 0 Å². The molecule has 0 spiro atoms. The van der Waals surface area contributed by atoms with Crippen molar-refractivity contribution in [3.8, 4) is 0 Å². The molecule has 1 aromatic rings. The van der Waals surface area contributed by atoms with E-state index in [1.807, 2.05) is 12.1 Å². The predicted octanol–water partition coefficient (Wildman–Crippen LogP) is 2.83. The van der Waals surface area contributed by atoms with Crippen molar-refractivity contribution in [2.75, 3.05) is 26.2 Å². The maximum Gasteiger partial charge on any atom is 0.126 e. The van der Waals surface area contributed by atoms with Gasteiger partial charge >= 0.3 is 0 Å². The van der Waals surface area contributed by atoms with Gasteiger partial charge in [-0.25, -0.2) is 4.39 Å². The highest BCUT2D eigenvalue weighted by molar-refractivity contribution is 5.17. The molecular weight excluding hydrogens is 239 g/mol. The third kappa shape index (κ3) is 3.54. The molecule has 0 atom stereocenters. The highest BCUT2D eigenvalue weighted by Gasteiger charge is 2.31. The Kier molecular flexibility index (Phi) is 4.94. The molecule has 1 aliphatic heterocycles. The SMILES string of the molecule is CCC1(CC)CN(CCc2ccccc2F)CCN1. The van der Waals surface area contributed by atoms with Crippen LogP contribution in [-0.2, 0) is 6.42 Å². The van der Waals surface area contributed by atoms with Crippen LogP contribution in [0.4, 0.5) is 4.39 Å². The van der Waals surface area contributed by atoms with E-state index >= 15 is 0 Å². The van der Waals surface area contributed by atoms with Crippen molar-refractivity contribution in [3.63, 3.8) is 0 Å². The van der Waals surface area contributed by atoms with Gasteiger partial charge in [0.15, 0.2) is 0 Å². The molecule has 19 heavy (non-hydrogen) atoms. The number of hydrogen-bond donors (Lipinski definition) is 1. The van der Waals surface area contributed by atoms with Gasteiger partial charge in [-0.15, -0.1) is 0 Å². The molecule has 1 saturated heterocycles. The van der Waals surface area contributed by atoms with Gasteiger partial charge in [-0.1, -0.05) is 32.0 Å². The van der Waals surface area contributed by atoms with Gasteiger partial charge in [-0.2, -0.15) is 0 Å². The summed E-state index contributed by atoms with van der Waals surface area (Å²) in [6.07, 6.45) is 3.11. The van der Waals surface area contributed by atoms with E-state index in [-0.39, 0.29) is 11.4 Å². The Bertz CT molecular complexity index is 401. The molecule has 0 bridgehead atoms. The van der Waals surface area contributed by atoms with Crippen molar-refractivity contribution < 1.29 is 4.39 Å². The molecule has 0 amide bonds. The summed E-state index contributed by atoms with van der Waals surface area (Å²) in [5, 5.41) is 3.66. The second-order valence-electron chi connectivity index (χ2n) is 5.53. The fraction of sp³-hybridized carbons (Fsp3) is 0.625. The number of benzene rings is 1. The van der Waals surface area contributed by atoms with Gasteiger partial charge in [0.2, 0.25) is 0 Å². The lowest BCUT2D eigenvalue weighted by Crippen LogP contribution is -2.60. The third-order valence-electron chi connectivity index (χ3n) is 4.46. The Morgan fingerprint density at radius 2 is 2.00 bits per heavy atom. The number of piperazine rings is 1. The van der Waals surface area contributed by atoms with Gasteiger partial charge in [-0.3, -0.25) is 4.90 Å². The average molecular weight is 264 g/mol. The van der Waals surface area contributed by atoms with E-state index < -0.39 is 0 Å². The Balaban J connectivity index is 1.91. The fourth-order valence-electron chi connectivity index (χ4n) is 2.94. The zero-order valence-corrected chi connectivity index (χ0v) is 12.1. The van der Waals surface area contributed by atoms with Gasteiger partial charge in [0, 0.05) is 31.7 Å². The maximum absolute atomic E-state index is 13.6. The minimum absolute atomic E-state index is 0.0742. The van der Waals surface area contributed by atoms with Crippen molar-refractivity contribution in [2.24, 2.45) is 0 Å². The second kappa shape index (κ2) is 6.49. The quantitative estimate of drug-likeness (QED) is 0.880. The van der Waals surface area contributed by atoms with Crippen LogP contribution in [0.1, 0.15) is 32.3 Å². The average Bonchev–Trinajstić information content (AvgIpc) is 2.46. The van der Waals surface area contributed by atoms with E-state index in [4.69, 9.17) is 0 Å². The van der Waals surface area contributed by atoms with E-state index in [1.165, 1.54) is 0 Å². The molecule has 1 N–H and O–H groups in total. The van der Waals surface area contributed by atoms with Crippen LogP contribution in [0.2, 0.25) is 0 Å². The van der Waals surface area contributed by atoms with Gasteiger partial charge in [-0.05, 0) is 30.9 Å². The maximum atomic E-state index is 13.6. The molecule has 2 nitrogen and oxygen atoms in total. The van der Waals surface area contributed by atoms with Crippen LogP contribution in [0.3, 0.4) is 0 Å². The zero-order valence-electron chi connectivity index (χ0n) is 12.1. The summed E-state index contributed by atoms with van der Waals surface area (Å²) in [6, 6.07) is 7.11. The Morgan fingerprint density at radius 3 is 2.68 bits per heavy atom. The minimum atomic E-state index is -0.0742. The lowest BCUT2D eigenvalue weighted by molar-refractivity contribution is 0.125. The van der Waals surface area contributed by atoms with Crippen molar-refractivity contribution in [1.82, 2.24) is 10.2 Å². The van der Waals surface area contributed by atoms with E-state index in [0.29, 0.717) is 0 Å². The highest BCUT2D eigenvalue weighted by atomic mass is 19.1. The molecule has 0 radical (unpaired) electrons. The summed E-state index contributed by atoms with van der Waals surface area (Å²) in [6.45, 7) is 8.63. The van der Waals surface area contributed by atoms with Crippen molar-refractivity contribution in [2.45, 2.75) is 38.6 Å². The van der Waals surface area contributed by atoms with Crippen molar-refractivity contribution in [1.29, 1.82) is 0 Å². The predicted molar refractivity (Wildman–Crippen MR) is 77.9 cm³/mol. The topological polar surface area (TPSA) is 15.3 Å². The van der Waals surface area contributed by atoms with Gasteiger partial charge in [0.05, 0.1) is 0 Å². The molecule has 0 aliphatic carbocycles. The molecule has 106 valence electrons. The number of hydrogen-bond acceptors (Lipinski definition) is 2. The smallest absolute Gasteiger partial charge is 0.126 e. The molecule has 1 fully saturated rings. The first kappa shape index (κ1) is 14.5. The van der Waals surface area contributed by atoms with Crippen LogP contribution in [0.15, 0.2) is 24.3 Å². The van der Waals surface area contributed by atoms with Gasteiger partial charge < -0.3 is 5.32 Å². The van der Waals surface area contributed by atoms with Crippen molar-refractivity contribution >= 4 is 0 Å². The summed E-state index contributed by atoms with van der Waals surface area (Å²) in [5.41, 5.74) is 1.09. The first-order valence-electron chi connectivity index (χ1n) is 7.40. The number of rotatable bonds is 5. The summed E-state index contributed by atoms with van der Waals surface area (Å²) < 4.78 is 13.6. The van der Waals surface area contributed by atoms with Crippen molar-refractivity contribution in [3.05, 3.63) is 35.6 Å². The molecule has 2 rings (SSSR count). The first-order chi connectivity index (χ1) is 9.19. The van der Waals surface area contributed by atoms with E-state index in [1.54, 1.807) is 12.1 Å². The molecule has 1 aliphatic rings. The third-order valence-corrected chi connectivity index (χ3v) is 4.46. The minimum Gasteiger partial charge on any atom is -0.309 e. The summed E-state index contributed by atoms with van der Waals surface area (Å²) in [7, 11) is 0. The first-order valence-corrected chi connectivity index (χ1v) is 7.40. The Morgan fingerprint density at radius 1 is 1.26 bits per heavy atom. The van der Waals surface area contributed by atoms with E-state index in [0.717, 1.165) is 51.0 Å². The largest absolute Gasteiger partial charge is 0.309 e. The molecule has 3 heteroatoms. The summed E-state index contributed by atoms with van der Waals surface area (Å²) in [4.78, 5) is 2.47. The van der Waals surface area contributed by atoms with Crippen LogP contribution in [0.5, 0.6) is 0 Å². The molecular formula is C16H25FN2.